The Morgan fingerprint density at radius 1 is 1.39 bits per heavy atom. The van der Waals surface area contributed by atoms with Gasteiger partial charge < -0.3 is 5.11 Å². The van der Waals surface area contributed by atoms with Gasteiger partial charge in [0.2, 0.25) is 10.0 Å². The first-order valence-corrected chi connectivity index (χ1v) is 8.52. The monoisotopic (exact) mass is 291 g/mol. The van der Waals surface area contributed by atoms with E-state index in [-0.39, 0.29) is 12.5 Å². The zero-order valence-electron chi connectivity index (χ0n) is 10.8. The molecule has 1 atom stereocenters. The summed E-state index contributed by atoms with van der Waals surface area (Å²) in [6.07, 6.45) is 2.33. The minimum atomic E-state index is -3.39. The summed E-state index contributed by atoms with van der Waals surface area (Å²) < 4.78 is 27.0. The summed E-state index contributed by atoms with van der Waals surface area (Å²) in [5.41, 5.74) is 0. The van der Waals surface area contributed by atoms with Crippen LogP contribution in [0.5, 0.6) is 0 Å². The minimum Gasteiger partial charge on any atom is -0.396 e. The molecule has 0 aliphatic heterocycles. The maximum atomic E-state index is 12.0. The molecule has 0 aliphatic rings. The SMILES string of the molecule is CCc1ccc(S(=O)(=O)NCC(CC)CCO)s1. The van der Waals surface area contributed by atoms with Crippen LogP contribution in [-0.2, 0) is 16.4 Å². The number of aliphatic hydroxyl groups is 1. The van der Waals surface area contributed by atoms with E-state index in [2.05, 4.69) is 4.72 Å². The van der Waals surface area contributed by atoms with Gasteiger partial charge in [-0.2, -0.15) is 0 Å². The number of thiophene rings is 1. The van der Waals surface area contributed by atoms with E-state index < -0.39 is 10.0 Å². The van der Waals surface area contributed by atoms with Gasteiger partial charge >= 0.3 is 0 Å². The molecule has 0 saturated carbocycles. The van der Waals surface area contributed by atoms with E-state index in [0.29, 0.717) is 17.2 Å². The van der Waals surface area contributed by atoms with Crippen molar-refractivity contribution < 1.29 is 13.5 Å². The number of aliphatic hydroxyl groups excluding tert-OH is 1. The van der Waals surface area contributed by atoms with Crippen LogP contribution in [0.3, 0.4) is 0 Å². The van der Waals surface area contributed by atoms with Crippen molar-refractivity contribution >= 4 is 21.4 Å². The largest absolute Gasteiger partial charge is 0.396 e. The van der Waals surface area contributed by atoms with Crippen molar-refractivity contribution in [3.63, 3.8) is 0 Å². The lowest BCUT2D eigenvalue weighted by atomic mass is 10.0. The quantitative estimate of drug-likeness (QED) is 0.770. The molecule has 1 heterocycles. The van der Waals surface area contributed by atoms with Crippen LogP contribution in [0.1, 0.15) is 31.6 Å². The van der Waals surface area contributed by atoms with Crippen molar-refractivity contribution in [2.45, 2.75) is 37.3 Å². The van der Waals surface area contributed by atoms with Crippen molar-refractivity contribution in [3.8, 4) is 0 Å². The van der Waals surface area contributed by atoms with E-state index in [1.807, 2.05) is 19.9 Å². The van der Waals surface area contributed by atoms with Crippen LogP contribution in [0.4, 0.5) is 0 Å². The first-order chi connectivity index (χ1) is 8.53. The van der Waals surface area contributed by atoms with E-state index >= 15 is 0 Å². The highest BCUT2D eigenvalue weighted by Gasteiger charge is 2.18. The van der Waals surface area contributed by atoms with Gasteiger partial charge in [-0.1, -0.05) is 20.3 Å². The van der Waals surface area contributed by atoms with Crippen LogP contribution in [0.25, 0.3) is 0 Å². The molecule has 0 bridgehead atoms. The number of hydrogen-bond donors (Lipinski definition) is 2. The predicted octanol–water partition coefficient (Wildman–Crippen LogP) is 2.00. The average molecular weight is 291 g/mol. The second kappa shape index (κ2) is 7.23. The molecule has 0 aliphatic carbocycles. The average Bonchev–Trinajstić information content (AvgIpc) is 2.84. The van der Waals surface area contributed by atoms with Gasteiger partial charge in [-0.3, -0.25) is 0 Å². The third-order valence-corrected chi connectivity index (χ3v) is 6.07. The number of nitrogens with one attached hydrogen (secondary N) is 1. The molecule has 104 valence electrons. The van der Waals surface area contributed by atoms with Crippen molar-refractivity contribution in [3.05, 3.63) is 17.0 Å². The fraction of sp³-hybridized carbons (Fsp3) is 0.667. The van der Waals surface area contributed by atoms with Gasteiger partial charge in [0, 0.05) is 18.0 Å². The maximum absolute atomic E-state index is 12.0. The molecule has 1 unspecified atom stereocenters. The smallest absolute Gasteiger partial charge is 0.250 e. The van der Waals surface area contributed by atoms with E-state index in [4.69, 9.17) is 5.11 Å². The van der Waals surface area contributed by atoms with E-state index in [0.717, 1.165) is 17.7 Å². The first-order valence-electron chi connectivity index (χ1n) is 6.22. The third-order valence-electron chi connectivity index (χ3n) is 2.93. The Labute approximate surface area is 113 Å². The molecular formula is C12H21NO3S2. The normalized spacial score (nSPS) is 13.7. The van der Waals surface area contributed by atoms with Gasteiger partial charge in [-0.25, -0.2) is 13.1 Å². The van der Waals surface area contributed by atoms with Gasteiger partial charge in [0.25, 0.3) is 0 Å². The van der Waals surface area contributed by atoms with Crippen molar-refractivity contribution in [2.24, 2.45) is 5.92 Å². The van der Waals surface area contributed by atoms with Gasteiger partial charge in [-0.05, 0) is 30.9 Å². The van der Waals surface area contributed by atoms with Crippen molar-refractivity contribution in [2.75, 3.05) is 13.2 Å². The minimum absolute atomic E-state index is 0.0964. The fourth-order valence-electron chi connectivity index (χ4n) is 1.62. The van der Waals surface area contributed by atoms with E-state index in [1.165, 1.54) is 11.3 Å². The highest BCUT2D eigenvalue weighted by Crippen LogP contribution is 2.22. The number of aryl methyl sites for hydroxylation is 1. The van der Waals surface area contributed by atoms with Gasteiger partial charge in [-0.15, -0.1) is 11.3 Å². The Morgan fingerprint density at radius 2 is 2.11 bits per heavy atom. The lowest BCUT2D eigenvalue weighted by Gasteiger charge is -2.13. The molecule has 0 radical (unpaired) electrons. The Morgan fingerprint density at radius 3 is 2.61 bits per heavy atom. The molecule has 6 heteroatoms. The number of hydrogen-bond acceptors (Lipinski definition) is 4. The summed E-state index contributed by atoms with van der Waals surface area (Å²) in [6, 6.07) is 3.50. The van der Waals surface area contributed by atoms with E-state index in [1.54, 1.807) is 6.07 Å². The molecule has 0 aromatic carbocycles. The van der Waals surface area contributed by atoms with Gasteiger partial charge in [0.15, 0.2) is 0 Å². The lowest BCUT2D eigenvalue weighted by Crippen LogP contribution is -2.29. The second-order valence-corrected chi connectivity index (χ2v) is 7.37. The van der Waals surface area contributed by atoms with Crippen molar-refractivity contribution in [1.29, 1.82) is 0 Å². The summed E-state index contributed by atoms with van der Waals surface area (Å²) in [4.78, 5) is 1.07. The Kier molecular flexibility index (Phi) is 6.28. The number of rotatable bonds is 8. The third kappa shape index (κ3) is 4.35. The standard InChI is InChI=1S/C12H21NO3S2/c1-3-10(7-8-14)9-13-18(15,16)12-6-5-11(4-2)17-12/h5-6,10,13-14H,3-4,7-9H2,1-2H3. The van der Waals surface area contributed by atoms with Crippen LogP contribution in [0, 0.1) is 5.92 Å². The molecule has 18 heavy (non-hydrogen) atoms. The fourth-order valence-corrected chi connectivity index (χ4v) is 4.08. The number of sulfonamides is 1. The summed E-state index contributed by atoms with van der Waals surface area (Å²) >= 11 is 1.31. The summed E-state index contributed by atoms with van der Waals surface area (Å²) in [6.45, 7) is 4.48. The molecule has 0 saturated heterocycles. The summed E-state index contributed by atoms with van der Waals surface area (Å²) in [7, 11) is -3.39. The van der Waals surface area contributed by atoms with Gasteiger partial charge in [0.05, 0.1) is 0 Å². The summed E-state index contributed by atoms with van der Waals surface area (Å²) in [5, 5.41) is 8.87. The lowest BCUT2D eigenvalue weighted by molar-refractivity contribution is 0.254. The molecule has 0 fully saturated rings. The zero-order valence-corrected chi connectivity index (χ0v) is 12.5. The Hall–Kier alpha value is -0.430. The predicted molar refractivity (Wildman–Crippen MR) is 74.4 cm³/mol. The first kappa shape index (κ1) is 15.6. The van der Waals surface area contributed by atoms with Crippen LogP contribution >= 0.6 is 11.3 Å². The van der Waals surface area contributed by atoms with Crippen LogP contribution in [-0.4, -0.2) is 26.7 Å². The summed E-state index contributed by atoms with van der Waals surface area (Å²) in [5.74, 6) is 0.190. The highest BCUT2D eigenvalue weighted by molar-refractivity contribution is 7.91. The topological polar surface area (TPSA) is 66.4 Å². The molecule has 2 N–H and O–H groups in total. The molecule has 1 aromatic rings. The van der Waals surface area contributed by atoms with Crippen LogP contribution in [0.15, 0.2) is 16.3 Å². The zero-order chi connectivity index (χ0) is 13.6. The molecule has 0 spiro atoms. The molecular weight excluding hydrogens is 270 g/mol. The van der Waals surface area contributed by atoms with E-state index in [9.17, 15) is 8.42 Å². The molecule has 1 aromatic heterocycles. The van der Waals surface area contributed by atoms with Crippen LogP contribution < -0.4 is 4.72 Å². The Balaban J connectivity index is 2.64. The van der Waals surface area contributed by atoms with Crippen LogP contribution in [0.2, 0.25) is 0 Å². The molecule has 0 amide bonds. The van der Waals surface area contributed by atoms with Gasteiger partial charge in [0.1, 0.15) is 4.21 Å². The van der Waals surface area contributed by atoms with Crippen molar-refractivity contribution in [1.82, 2.24) is 4.72 Å². The maximum Gasteiger partial charge on any atom is 0.250 e. The highest BCUT2D eigenvalue weighted by atomic mass is 32.2. The Bertz CT molecular complexity index is 454. The molecule has 1 rings (SSSR count). The molecule has 4 nitrogen and oxygen atoms in total. The second-order valence-electron chi connectivity index (χ2n) is 4.21.